The summed E-state index contributed by atoms with van der Waals surface area (Å²) in [6.45, 7) is 13.2. The van der Waals surface area contributed by atoms with Crippen LogP contribution in [0.15, 0.2) is 35.3 Å². The van der Waals surface area contributed by atoms with Gasteiger partial charge in [0.15, 0.2) is 5.96 Å². The molecule has 2 saturated heterocycles. The summed E-state index contributed by atoms with van der Waals surface area (Å²) in [6, 6.07) is 0.516. The van der Waals surface area contributed by atoms with Gasteiger partial charge < -0.3 is 68.3 Å². The van der Waals surface area contributed by atoms with Crippen molar-refractivity contribution in [2.24, 2.45) is 40.1 Å². The minimum atomic E-state index is -1.53. The van der Waals surface area contributed by atoms with Crippen molar-refractivity contribution in [1.82, 2.24) is 46.6 Å². The van der Waals surface area contributed by atoms with Crippen molar-refractivity contribution in [2.75, 3.05) is 39.8 Å². The molecule has 0 spiro atoms. The Kier molecular flexibility index (Phi) is 31.3. The number of guanidine groups is 1. The number of carbonyl (C=O) groups excluding carboxylic acids is 9. The van der Waals surface area contributed by atoms with Crippen molar-refractivity contribution < 1.29 is 53.4 Å². The second-order valence-corrected chi connectivity index (χ2v) is 25.4. The largest absolute Gasteiger partial charge is 0.394 e. The summed E-state index contributed by atoms with van der Waals surface area (Å²) in [4.78, 5) is 136. The lowest BCUT2D eigenvalue weighted by atomic mass is 9.95. The van der Waals surface area contributed by atoms with Crippen molar-refractivity contribution in [3.63, 3.8) is 0 Å². The Morgan fingerprint density at radius 2 is 1.26 bits per heavy atom. The highest BCUT2D eigenvalue weighted by atomic mass is 16.3. The van der Waals surface area contributed by atoms with Gasteiger partial charge in [0.05, 0.1) is 18.6 Å². The van der Waals surface area contributed by atoms with Crippen molar-refractivity contribution in [3.8, 4) is 0 Å². The Labute approximate surface area is 510 Å². The molecule has 23 heteroatoms. The van der Waals surface area contributed by atoms with Crippen LogP contribution in [0.2, 0.25) is 0 Å². The molecule has 3 fully saturated rings. The van der Waals surface area contributed by atoms with Gasteiger partial charge in [-0.3, -0.25) is 48.1 Å². The summed E-state index contributed by atoms with van der Waals surface area (Å²) < 4.78 is 0. The number of nitrogens with two attached hydrogens (primary N) is 2. The number of rotatable bonds is 34. The predicted octanol–water partition coefficient (Wildman–Crippen LogP) is 3.06. The highest BCUT2D eigenvalue weighted by Gasteiger charge is 2.45. The van der Waals surface area contributed by atoms with Gasteiger partial charge in [-0.2, -0.15) is 0 Å². The van der Waals surface area contributed by atoms with Gasteiger partial charge in [-0.25, -0.2) is 0 Å². The number of nitrogens with one attached hydrogen (secondary N) is 6. The molecule has 0 aromatic heterocycles. The maximum absolute atomic E-state index is 14.9. The lowest BCUT2D eigenvalue weighted by Gasteiger charge is -2.35. The minimum Gasteiger partial charge on any atom is -0.394 e. The van der Waals surface area contributed by atoms with Crippen LogP contribution < -0.4 is 43.4 Å². The van der Waals surface area contributed by atoms with E-state index in [1.807, 2.05) is 71.9 Å². The van der Waals surface area contributed by atoms with Crippen LogP contribution in [0.4, 0.5) is 0 Å². The summed E-state index contributed by atoms with van der Waals surface area (Å²) in [5.74, 6) is -6.13. The van der Waals surface area contributed by atoms with E-state index >= 15 is 0 Å². The number of aliphatic hydroxyl groups excluding tert-OH is 2. The summed E-state index contributed by atoms with van der Waals surface area (Å²) >= 11 is 0. The van der Waals surface area contributed by atoms with Crippen molar-refractivity contribution >= 4 is 59.1 Å². The Balaban J connectivity index is 1.51. The number of piperidine rings is 1. The molecule has 1 saturated carbocycles. The van der Waals surface area contributed by atoms with Crippen LogP contribution in [-0.2, 0) is 49.6 Å². The lowest BCUT2D eigenvalue weighted by Crippen LogP contribution is -2.61. The van der Waals surface area contributed by atoms with Crippen molar-refractivity contribution in [1.29, 1.82) is 0 Å². The number of carbonyl (C=O) groups is 9. The van der Waals surface area contributed by atoms with Gasteiger partial charge in [0.25, 0.3) is 0 Å². The van der Waals surface area contributed by atoms with Crippen LogP contribution in [-0.4, -0.2) is 178 Å². The van der Waals surface area contributed by atoms with Crippen LogP contribution in [0.25, 0.3) is 0 Å². The highest BCUT2D eigenvalue weighted by molar-refractivity contribution is 5.98. The molecule has 9 amide bonds. The van der Waals surface area contributed by atoms with Crippen molar-refractivity contribution in [2.45, 2.75) is 238 Å². The second-order valence-electron chi connectivity index (χ2n) is 25.4. The van der Waals surface area contributed by atoms with Crippen LogP contribution in [0.3, 0.4) is 0 Å². The number of likely N-dealkylation sites (N-methyl/N-ethyl adjacent to an activating group) is 1. The molecule has 0 bridgehead atoms. The van der Waals surface area contributed by atoms with Crippen molar-refractivity contribution in [3.05, 3.63) is 35.9 Å². The molecule has 1 aliphatic carbocycles. The molecule has 1 aromatic rings. The predicted molar refractivity (Wildman–Crippen MR) is 330 cm³/mol. The maximum Gasteiger partial charge on any atom is 0.245 e. The second kappa shape index (κ2) is 37.4. The zero-order chi connectivity index (χ0) is 63.5. The van der Waals surface area contributed by atoms with Gasteiger partial charge in [-0.05, 0) is 87.5 Å². The summed E-state index contributed by atoms with van der Waals surface area (Å²) in [7, 11) is 1.39. The normalized spacial score (nSPS) is 19.5. The Morgan fingerprint density at radius 3 is 1.88 bits per heavy atom. The SMILES string of the molecule is CCCCCCCC(=O)N1CCC[C@H](C(=O)N[C@@H](Cc2ccccc2)C(=O)N[C@H](CC(C)C)C(=O)N[C@@H](CC(C)C)C(=O)N2C[C@H](O)C[C@H]2C(=O)N(C)[C@@H](CC(C)C)C(=O)N[C@@H](CO)C(=O)N[C@@H](CCCN=C(N)N)C(=O)NC2CCCCCC2)C1. The van der Waals surface area contributed by atoms with Gasteiger partial charge in [-0.1, -0.05) is 130 Å². The molecule has 86 heavy (non-hydrogen) atoms. The molecule has 3 aliphatic rings. The molecule has 0 unspecified atom stereocenters. The molecular weight excluding hydrogens is 1100 g/mol. The fraction of sp³-hybridized carbons (Fsp3) is 0.746. The number of likely N-dealkylation sites (tertiary alicyclic amines) is 2. The molecule has 12 N–H and O–H groups in total. The van der Waals surface area contributed by atoms with Gasteiger partial charge in [0.2, 0.25) is 53.2 Å². The van der Waals surface area contributed by atoms with E-state index in [4.69, 9.17) is 11.5 Å². The average Bonchev–Trinajstić information content (AvgIpc) is 2.64. The molecule has 9 atom stereocenters. The fourth-order valence-corrected chi connectivity index (χ4v) is 11.7. The van der Waals surface area contributed by atoms with Crippen LogP contribution in [0.5, 0.6) is 0 Å². The van der Waals surface area contributed by atoms with E-state index in [-0.39, 0.29) is 99.7 Å². The number of β-amino-alcohol motifs (C(OH)–C–C–N with tert-alkyl or cyclic N) is 1. The quantitative estimate of drug-likeness (QED) is 0.0206. The Hall–Kier alpha value is -6.36. The number of amides is 9. The molecule has 23 nitrogen and oxygen atoms in total. The van der Waals surface area contributed by atoms with E-state index in [1.165, 1.54) is 16.8 Å². The fourth-order valence-electron chi connectivity index (χ4n) is 11.7. The maximum atomic E-state index is 14.9. The van der Waals surface area contributed by atoms with Crippen LogP contribution >= 0.6 is 0 Å². The molecule has 4 rings (SSSR count). The molecule has 0 radical (unpaired) electrons. The first kappa shape index (κ1) is 72.1. The third-order valence-corrected chi connectivity index (χ3v) is 16.5. The third kappa shape index (κ3) is 24.4. The molecule has 2 aliphatic heterocycles. The first-order chi connectivity index (χ1) is 40.9. The molecular formula is C63H106N12O11. The third-order valence-electron chi connectivity index (χ3n) is 16.5. The number of nitrogens with zero attached hydrogens (tertiary/aromatic N) is 4. The Bertz CT molecular complexity index is 2360. The van der Waals surface area contributed by atoms with E-state index in [0.29, 0.717) is 32.2 Å². The smallest absolute Gasteiger partial charge is 0.245 e. The van der Waals surface area contributed by atoms with E-state index in [2.05, 4.69) is 43.8 Å². The number of benzene rings is 1. The molecule has 484 valence electrons. The first-order valence-corrected chi connectivity index (χ1v) is 32.0. The van der Waals surface area contributed by atoms with Crippen LogP contribution in [0.1, 0.15) is 182 Å². The standard InChI is InChI=1S/C63H106N12O11/c1-9-10-11-12-20-29-54(78)74-31-22-25-44(37-74)55(79)69-49(35-43-23-16-15-17-24-43)58(82)70-48(32-40(2)3)57(81)71-50(33-41(4)5)61(85)75-38-46(77)36-53(75)62(86)73(8)52(34-42(6)7)60(84)72-51(39-76)59(83)68-47(28-21-30-66-63(64)65)56(80)67-45-26-18-13-14-19-27-45/h15-17,23-24,40-42,44-53,76-77H,9-14,18-22,25-39H2,1-8H3,(H,67,80)(H,68,83)(H,69,79)(H,70,82)(H,71,81)(H,72,84)(H4,64,65,66)/t44-,46+,47-,48+,49-,50-,51-,52-,53-/m0/s1. The van der Waals surface area contributed by atoms with Crippen LogP contribution in [0, 0.1) is 23.7 Å². The van der Waals surface area contributed by atoms with Gasteiger partial charge in [-0.15, -0.1) is 0 Å². The van der Waals surface area contributed by atoms with E-state index in [9.17, 15) is 53.4 Å². The number of aliphatic imine (C=N–C) groups is 1. The lowest BCUT2D eigenvalue weighted by molar-refractivity contribution is -0.149. The summed E-state index contributed by atoms with van der Waals surface area (Å²) in [5, 5.41) is 38.8. The van der Waals surface area contributed by atoms with Gasteiger partial charge in [0.1, 0.15) is 42.3 Å². The number of aliphatic hydroxyl groups is 2. The molecule has 2 heterocycles. The van der Waals surface area contributed by atoms with Gasteiger partial charge in [0, 0.05) is 58.5 Å². The van der Waals surface area contributed by atoms with Gasteiger partial charge >= 0.3 is 0 Å². The monoisotopic (exact) mass is 1210 g/mol. The zero-order valence-corrected chi connectivity index (χ0v) is 52.8. The highest BCUT2D eigenvalue weighted by Crippen LogP contribution is 2.26. The number of hydrogen-bond donors (Lipinski definition) is 10. The topological polar surface area (TPSA) is 340 Å². The first-order valence-electron chi connectivity index (χ1n) is 32.0. The van der Waals surface area contributed by atoms with E-state index < -0.39 is 102 Å². The Morgan fingerprint density at radius 1 is 0.663 bits per heavy atom. The number of unbranched alkanes of at least 4 members (excludes halogenated alkanes) is 4. The summed E-state index contributed by atoms with van der Waals surface area (Å²) in [6.07, 6.45) is 12.0. The summed E-state index contributed by atoms with van der Waals surface area (Å²) in [5.41, 5.74) is 11.8. The molecule has 1 aromatic carbocycles. The number of hydrogen-bond acceptors (Lipinski definition) is 12. The average molecular weight is 1210 g/mol. The zero-order valence-electron chi connectivity index (χ0n) is 52.8. The van der Waals surface area contributed by atoms with E-state index in [0.717, 1.165) is 76.2 Å². The van der Waals surface area contributed by atoms with E-state index in [1.54, 1.807) is 4.90 Å². The minimum absolute atomic E-state index is 0.0186.